The second kappa shape index (κ2) is 12.2. The Balaban J connectivity index is 1.87. The average molecular weight is 679 g/mol. The van der Waals surface area contributed by atoms with Gasteiger partial charge in [0.15, 0.2) is 11.5 Å². The molecule has 184 valence electrons. The number of amides is 1. The van der Waals surface area contributed by atoms with Crippen LogP contribution in [-0.2, 0) is 4.79 Å². The number of aryl methyl sites for hydroxylation is 1. The molecule has 0 atom stereocenters. The molecule has 0 heterocycles. The van der Waals surface area contributed by atoms with Crippen molar-refractivity contribution in [1.82, 2.24) is 0 Å². The number of carbonyl (C=O) groups is 2. The second-order valence-electron chi connectivity index (χ2n) is 7.38. The quantitative estimate of drug-likeness (QED) is 0.124. The summed E-state index contributed by atoms with van der Waals surface area (Å²) in [5.74, 6) is -0.176. The van der Waals surface area contributed by atoms with E-state index in [1.807, 2.05) is 25.1 Å². The van der Waals surface area contributed by atoms with E-state index < -0.39 is 11.9 Å². The maximum absolute atomic E-state index is 12.8. The number of benzene rings is 3. The molecule has 0 fully saturated rings. The van der Waals surface area contributed by atoms with Crippen molar-refractivity contribution < 1.29 is 23.8 Å². The molecule has 0 aromatic heterocycles. The standard InChI is InChI=1S/C26H19Br3N2O5/c1-14-8-19(27)23(20(28)9-14)31-25(32)17(13-30)10-15-11-21(29)24(22(12-15)35-3)36-26(33)16-4-6-18(34-2)7-5-16/h4-12H,1-3H3,(H,31,32)/b17-10+. The van der Waals surface area contributed by atoms with Crippen LogP contribution in [0.4, 0.5) is 5.69 Å². The minimum Gasteiger partial charge on any atom is -0.497 e. The Hall–Kier alpha value is -3.13. The van der Waals surface area contributed by atoms with Crippen LogP contribution in [0.1, 0.15) is 21.5 Å². The van der Waals surface area contributed by atoms with Crippen molar-refractivity contribution in [3.63, 3.8) is 0 Å². The number of esters is 1. The van der Waals surface area contributed by atoms with E-state index in [4.69, 9.17) is 14.2 Å². The summed E-state index contributed by atoms with van der Waals surface area (Å²) in [6.07, 6.45) is 1.41. The minimum atomic E-state index is -0.591. The molecule has 3 aromatic carbocycles. The Labute approximate surface area is 233 Å². The number of hydrogen-bond donors (Lipinski definition) is 1. The molecular weight excluding hydrogens is 660 g/mol. The molecule has 1 N–H and O–H groups in total. The number of ether oxygens (including phenoxy) is 3. The lowest BCUT2D eigenvalue weighted by Gasteiger charge is -2.13. The second-order valence-corrected chi connectivity index (χ2v) is 9.94. The molecule has 0 spiro atoms. The molecule has 3 aromatic rings. The fraction of sp³-hybridized carbons (Fsp3) is 0.115. The summed E-state index contributed by atoms with van der Waals surface area (Å²) < 4.78 is 17.8. The lowest BCUT2D eigenvalue weighted by molar-refractivity contribution is -0.112. The Morgan fingerprint density at radius 1 is 0.944 bits per heavy atom. The number of nitrogens with one attached hydrogen (secondary N) is 1. The van der Waals surface area contributed by atoms with Crippen molar-refractivity contribution in [2.75, 3.05) is 19.5 Å². The smallest absolute Gasteiger partial charge is 0.343 e. The van der Waals surface area contributed by atoms with Gasteiger partial charge < -0.3 is 19.5 Å². The molecule has 0 aliphatic rings. The van der Waals surface area contributed by atoms with Crippen molar-refractivity contribution in [2.24, 2.45) is 0 Å². The minimum absolute atomic E-state index is 0.133. The van der Waals surface area contributed by atoms with Gasteiger partial charge >= 0.3 is 5.97 Å². The van der Waals surface area contributed by atoms with Crippen molar-refractivity contribution in [3.05, 3.63) is 84.2 Å². The number of rotatable bonds is 7. The van der Waals surface area contributed by atoms with Gasteiger partial charge in [-0.25, -0.2) is 4.79 Å². The first kappa shape index (κ1) is 27.5. The monoisotopic (exact) mass is 676 g/mol. The Morgan fingerprint density at radius 3 is 2.14 bits per heavy atom. The van der Waals surface area contributed by atoms with Crippen molar-refractivity contribution in [2.45, 2.75) is 6.92 Å². The summed E-state index contributed by atoms with van der Waals surface area (Å²) in [4.78, 5) is 25.5. The van der Waals surface area contributed by atoms with Crippen LogP contribution in [0.25, 0.3) is 6.08 Å². The number of halogens is 3. The maximum atomic E-state index is 12.8. The molecule has 0 aliphatic heterocycles. The van der Waals surface area contributed by atoms with Gasteiger partial charge in [0.05, 0.1) is 29.9 Å². The normalized spacial score (nSPS) is 10.9. The van der Waals surface area contributed by atoms with E-state index in [1.165, 1.54) is 20.3 Å². The van der Waals surface area contributed by atoms with E-state index in [2.05, 4.69) is 53.1 Å². The zero-order valence-electron chi connectivity index (χ0n) is 19.3. The number of hydrogen-bond acceptors (Lipinski definition) is 6. The molecule has 0 saturated carbocycles. The predicted octanol–water partition coefficient (Wildman–Crippen LogP) is 7.06. The summed E-state index contributed by atoms with van der Waals surface area (Å²) >= 11 is 10.2. The van der Waals surface area contributed by atoms with Crippen LogP contribution in [0.5, 0.6) is 17.2 Å². The highest BCUT2D eigenvalue weighted by molar-refractivity contribution is 9.11. The van der Waals surface area contributed by atoms with Crippen LogP contribution >= 0.6 is 47.8 Å². The summed E-state index contributed by atoms with van der Waals surface area (Å²) in [5.41, 5.74) is 2.17. The largest absolute Gasteiger partial charge is 0.497 e. The van der Waals surface area contributed by atoms with E-state index in [-0.39, 0.29) is 17.1 Å². The molecule has 36 heavy (non-hydrogen) atoms. The molecule has 0 aliphatic carbocycles. The third-order valence-corrected chi connectivity index (χ3v) is 6.71. The summed E-state index contributed by atoms with van der Waals surface area (Å²) in [6, 6.07) is 15.3. The Bertz CT molecular complexity index is 1370. The first-order chi connectivity index (χ1) is 17.2. The van der Waals surface area contributed by atoms with Crippen molar-refractivity contribution in [1.29, 1.82) is 5.26 Å². The Morgan fingerprint density at radius 2 is 1.58 bits per heavy atom. The molecule has 0 unspecified atom stereocenters. The molecule has 0 bridgehead atoms. The van der Waals surface area contributed by atoms with Gasteiger partial charge in [0.2, 0.25) is 0 Å². The van der Waals surface area contributed by atoms with Crippen molar-refractivity contribution in [3.8, 4) is 23.3 Å². The van der Waals surface area contributed by atoms with Gasteiger partial charge in [-0.15, -0.1) is 0 Å². The van der Waals surface area contributed by atoms with Crippen LogP contribution in [0, 0.1) is 18.3 Å². The fourth-order valence-electron chi connectivity index (χ4n) is 3.12. The zero-order chi connectivity index (χ0) is 26.4. The number of nitrogens with zero attached hydrogens (tertiary/aromatic N) is 1. The first-order valence-electron chi connectivity index (χ1n) is 10.3. The highest BCUT2D eigenvalue weighted by Gasteiger charge is 2.19. The lowest BCUT2D eigenvalue weighted by atomic mass is 10.1. The van der Waals surface area contributed by atoms with Crippen LogP contribution in [0.15, 0.2) is 67.5 Å². The van der Waals surface area contributed by atoms with Gasteiger partial charge in [-0.2, -0.15) is 5.26 Å². The fourth-order valence-corrected chi connectivity index (χ4v) is 5.27. The third kappa shape index (κ3) is 6.55. The Kier molecular flexibility index (Phi) is 9.31. The van der Waals surface area contributed by atoms with E-state index in [9.17, 15) is 14.9 Å². The van der Waals surface area contributed by atoms with Crippen LogP contribution in [-0.4, -0.2) is 26.1 Å². The highest BCUT2D eigenvalue weighted by atomic mass is 79.9. The van der Waals surface area contributed by atoms with Gasteiger partial charge in [-0.3, -0.25) is 4.79 Å². The summed E-state index contributed by atoms with van der Waals surface area (Å²) in [6.45, 7) is 1.92. The average Bonchev–Trinajstić information content (AvgIpc) is 2.85. The summed E-state index contributed by atoms with van der Waals surface area (Å²) in [5, 5.41) is 12.4. The van der Waals surface area contributed by atoms with Crippen LogP contribution < -0.4 is 19.5 Å². The van der Waals surface area contributed by atoms with Gasteiger partial charge in [-0.1, -0.05) is 0 Å². The molecule has 1 amide bonds. The molecular formula is C26H19Br3N2O5. The van der Waals surface area contributed by atoms with E-state index >= 15 is 0 Å². The number of methoxy groups -OCH3 is 2. The third-order valence-electron chi connectivity index (χ3n) is 4.87. The van der Waals surface area contributed by atoms with E-state index in [0.29, 0.717) is 36.0 Å². The van der Waals surface area contributed by atoms with Crippen molar-refractivity contribution >= 4 is 71.4 Å². The molecule has 0 radical (unpaired) electrons. The summed E-state index contributed by atoms with van der Waals surface area (Å²) in [7, 11) is 2.96. The van der Waals surface area contributed by atoms with E-state index in [0.717, 1.165) is 5.56 Å². The lowest BCUT2D eigenvalue weighted by Crippen LogP contribution is -2.14. The van der Waals surface area contributed by atoms with Gasteiger partial charge in [0, 0.05) is 8.95 Å². The van der Waals surface area contributed by atoms with E-state index in [1.54, 1.807) is 36.4 Å². The van der Waals surface area contributed by atoms with Crippen LogP contribution in [0.2, 0.25) is 0 Å². The topological polar surface area (TPSA) is 97.7 Å². The molecule has 7 nitrogen and oxygen atoms in total. The molecule has 3 rings (SSSR count). The van der Waals surface area contributed by atoms with Gasteiger partial charge in [0.1, 0.15) is 17.4 Å². The molecule has 10 heteroatoms. The van der Waals surface area contributed by atoms with Crippen LogP contribution in [0.3, 0.4) is 0 Å². The van der Waals surface area contributed by atoms with Gasteiger partial charge in [0.25, 0.3) is 5.91 Å². The number of carbonyl (C=O) groups excluding carboxylic acids is 2. The van der Waals surface area contributed by atoms with Gasteiger partial charge in [-0.05, 0) is 120 Å². The SMILES string of the molecule is COc1ccc(C(=O)Oc2c(Br)cc(/C=C(\C#N)C(=O)Nc3c(Br)cc(C)cc3Br)cc2OC)cc1. The number of nitriles is 1. The number of anilines is 1. The predicted molar refractivity (Wildman–Crippen MR) is 147 cm³/mol. The maximum Gasteiger partial charge on any atom is 0.343 e. The first-order valence-corrected chi connectivity index (χ1v) is 12.7. The zero-order valence-corrected chi connectivity index (χ0v) is 24.1. The highest BCUT2D eigenvalue weighted by Crippen LogP contribution is 2.38. The molecule has 0 saturated heterocycles.